The van der Waals surface area contributed by atoms with Gasteiger partial charge in [-0.3, -0.25) is 4.79 Å². The second-order valence-corrected chi connectivity index (χ2v) is 6.18. The quantitative estimate of drug-likeness (QED) is 0.865. The van der Waals surface area contributed by atoms with Gasteiger partial charge in [-0.15, -0.1) is 11.3 Å². The Balaban J connectivity index is 2.05. The monoisotopic (exact) mass is 324 g/mol. The molecule has 0 atom stereocenters. The lowest BCUT2D eigenvalue weighted by molar-refractivity contribution is 0.0789. The second kappa shape index (κ2) is 5.63. The molecule has 18 heavy (non-hydrogen) atoms. The van der Waals surface area contributed by atoms with E-state index in [9.17, 15) is 4.79 Å². The summed E-state index contributed by atoms with van der Waals surface area (Å²) >= 11 is 4.82. The molecule has 0 saturated heterocycles. The lowest BCUT2D eigenvalue weighted by atomic mass is 10.2. The third-order valence-electron chi connectivity index (χ3n) is 2.51. The molecule has 0 saturated carbocycles. The first kappa shape index (κ1) is 13.2. The first-order valence-corrected chi connectivity index (χ1v) is 7.09. The lowest BCUT2D eigenvalue weighted by Crippen LogP contribution is -2.25. The van der Waals surface area contributed by atoms with E-state index in [1.165, 1.54) is 11.3 Å². The molecule has 1 heterocycles. The fourth-order valence-electron chi connectivity index (χ4n) is 1.58. The van der Waals surface area contributed by atoms with E-state index in [1.54, 1.807) is 18.1 Å². The predicted molar refractivity (Wildman–Crippen MR) is 76.8 cm³/mol. The van der Waals surface area contributed by atoms with Crippen LogP contribution in [0.25, 0.3) is 0 Å². The van der Waals surface area contributed by atoms with E-state index in [2.05, 4.69) is 20.9 Å². The molecule has 0 radical (unpaired) electrons. The minimum absolute atomic E-state index is 0.0171. The molecular weight excluding hydrogens is 312 g/mol. The Morgan fingerprint density at radius 2 is 2.06 bits per heavy atom. The van der Waals surface area contributed by atoms with E-state index in [0.717, 1.165) is 15.0 Å². The molecule has 0 bridgehead atoms. The number of hydrogen-bond acceptors (Lipinski definition) is 3. The maximum Gasteiger partial charge on any atom is 0.265 e. The zero-order valence-electron chi connectivity index (χ0n) is 10.2. The molecule has 2 rings (SSSR count). The van der Waals surface area contributed by atoms with E-state index in [-0.39, 0.29) is 5.91 Å². The number of carbonyl (C=O) groups is 1. The van der Waals surface area contributed by atoms with E-state index < -0.39 is 0 Å². The summed E-state index contributed by atoms with van der Waals surface area (Å²) in [5.74, 6) is 0.0171. The number of aryl methyl sites for hydroxylation is 1. The molecule has 5 heteroatoms. The second-order valence-electron chi connectivity index (χ2n) is 4.03. The first-order valence-electron chi connectivity index (χ1n) is 5.48. The summed E-state index contributed by atoms with van der Waals surface area (Å²) in [5.41, 5.74) is 1.11. The highest BCUT2D eigenvalue weighted by Crippen LogP contribution is 2.16. The summed E-state index contributed by atoms with van der Waals surface area (Å²) in [5, 5.41) is 0.912. The molecule has 0 spiro atoms. The number of benzene rings is 1. The van der Waals surface area contributed by atoms with Crippen LogP contribution in [0.3, 0.4) is 0 Å². The summed E-state index contributed by atoms with van der Waals surface area (Å²) in [6, 6.07) is 7.96. The summed E-state index contributed by atoms with van der Waals surface area (Å²) in [6.45, 7) is 2.50. The number of nitrogens with zero attached hydrogens (tertiary/aromatic N) is 2. The van der Waals surface area contributed by atoms with E-state index in [0.29, 0.717) is 11.4 Å². The van der Waals surface area contributed by atoms with Crippen LogP contribution in [-0.2, 0) is 6.54 Å². The largest absolute Gasteiger partial charge is 0.337 e. The SMILES string of the molecule is Cc1ncc(C(=O)N(C)Cc2ccc(Br)cc2)s1. The number of halogens is 1. The number of aromatic nitrogens is 1. The zero-order valence-corrected chi connectivity index (χ0v) is 12.6. The molecule has 1 amide bonds. The number of thiazole rings is 1. The van der Waals surface area contributed by atoms with E-state index in [4.69, 9.17) is 0 Å². The smallest absolute Gasteiger partial charge is 0.265 e. The van der Waals surface area contributed by atoms with Gasteiger partial charge in [0.25, 0.3) is 5.91 Å². The van der Waals surface area contributed by atoms with Crippen molar-refractivity contribution in [3.63, 3.8) is 0 Å². The Labute approximate surface area is 119 Å². The van der Waals surface area contributed by atoms with Gasteiger partial charge in [-0.25, -0.2) is 4.98 Å². The van der Waals surface area contributed by atoms with Crippen LogP contribution in [0, 0.1) is 6.92 Å². The Morgan fingerprint density at radius 1 is 1.39 bits per heavy atom. The number of amides is 1. The third kappa shape index (κ3) is 3.17. The molecule has 0 aliphatic carbocycles. The van der Waals surface area contributed by atoms with Crippen molar-refractivity contribution in [2.75, 3.05) is 7.05 Å². The molecule has 1 aromatic heterocycles. The van der Waals surface area contributed by atoms with Crippen LogP contribution < -0.4 is 0 Å². The van der Waals surface area contributed by atoms with Crippen LogP contribution in [0.5, 0.6) is 0 Å². The molecule has 3 nitrogen and oxygen atoms in total. The molecular formula is C13H13BrN2OS. The Hall–Kier alpha value is -1.20. The molecule has 0 aliphatic heterocycles. The minimum atomic E-state index is 0.0171. The van der Waals surface area contributed by atoms with Gasteiger partial charge < -0.3 is 4.90 Å². The van der Waals surface area contributed by atoms with Crippen LogP contribution in [0.2, 0.25) is 0 Å². The normalized spacial score (nSPS) is 10.4. The van der Waals surface area contributed by atoms with Crippen LogP contribution in [0.15, 0.2) is 34.9 Å². The van der Waals surface area contributed by atoms with Gasteiger partial charge in [0.2, 0.25) is 0 Å². The van der Waals surface area contributed by atoms with Gasteiger partial charge in [-0.1, -0.05) is 28.1 Å². The van der Waals surface area contributed by atoms with Crippen LogP contribution in [0.4, 0.5) is 0 Å². The molecule has 1 aromatic carbocycles. The average Bonchev–Trinajstić information content (AvgIpc) is 2.78. The number of rotatable bonds is 3. The van der Waals surface area contributed by atoms with Gasteiger partial charge in [-0.2, -0.15) is 0 Å². The number of hydrogen-bond donors (Lipinski definition) is 0. The van der Waals surface area contributed by atoms with Gasteiger partial charge >= 0.3 is 0 Å². The summed E-state index contributed by atoms with van der Waals surface area (Å²) in [4.78, 5) is 18.6. The van der Waals surface area contributed by atoms with Crippen LogP contribution in [-0.4, -0.2) is 22.8 Å². The van der Waals surface area contributed by atoms with Crippen molar-refractivity contribution < 1.29 is 4.79 Å². The highest BCUT2D eigenvalue weighted by Gasteiger charge is 2.14. The van der Waals surface area contributed by atoms with Gasteiger partial charge in [0.1, 0.15) is 4.88 Å². The Bertz CT molecular complexity index is 550. The lowest BCUT2D eigenvalue weighted by Gasteiger charge is -2.16. The molecule has 0 unspecified atom stereocenters. The average molecular weight is 325 g/mol. The van der Waals surface area contributed by atoms with E-state index in [1.807, 2.05) is 31.2 Å². The predicted octanol–water partition coefficient (Wildman–Crippen LogP) is 3.49. The number of carbonyl (C=O) groups excluding carboxylic acids is 1. The Morgan fingerprint density at radius 3 is 2.61 bits per heavy atom. The van der Waals surface area contributed by atoms with Crippen LogP contribution >= 0.6 is 27.3 Å². The highest BCUT2D eigenvalue weighted by molar-refractivity contribution is 9.10. The molecule has 2 aromatic rings. The minimum Gasteiger partial charge on any atom is -0.337 e. The molecule has 0 N–H and O–H groups in total. The van der Waals surface area contributed by atoms with Gasteiger partial charge in [-0.05, 0) is 24.6 Å². The summed E-state index contributed by atoms with van der Waals surface area (Å²) in [6.07, 6.45) is 1.64. The Kier molecular flexibility index (Phi) is 4.14. The maximum atomic E-state index is 12.1. The van der Waals surface area contributed by atoms with Gasteiger partial charge in [0.15, 0.2) is 0 Å². The fraction of sp³-hybridized carbons (Fsp3) is 0.231. The highest BCUT2D eigenvalue weighted by atomic mass is 79.9. The van der Waals surface area contributed by atoms with Crippen molar-refractivity contribution in [3.8, 4) is 0 Å². The van der Waals surface area contributed by atoms with Gasteiger partial charge in [0.05, 0.1) is 11.2 Å². The van der Waals surface area contributed by atoms with Crippen molar-refractivity contribution in [2.24, 2.45) is 0 Å². The van der Waals surface area contributed by atoms with Crippen molar-refractivity contribution >= 4 is 33.2 Å². The maximum absolute atomic E-state index is 12.1. The summed E-state index contributed by atoms with van der Waals surface area (Å²) < 4.78 is 1.04. The van der Waals surface area contributed by atoms with Crippen LogP contribution in [0.1, 0.15) is 20.2 Å². The molecule has 94 valence electrons. The third-order valence-corrected chi connectivity index (χ3v) is 3.94. The van der Waals surface area contributed by atoms with Crippen molar-refractivity contribution in [3.05, 3.63) is 50.4 Å². The fourth-order valence-corrected chi connectivity index (χ4v) is 2.62. The van der Waals surface area contributed by atoms with Gasteiger partial charge in [0, 0.05) is 18.1 Å². The van der Waals surface area contributed by atoms with Crippen molar-refractivity contribution in [1.82, 2.24) is 9.88 Å². The van der Waals surface area contributed by atoms with Crippen molar-refractivity contribution in [1.29, 1.82) is 0 Å². The first-order chi connectivity index (χ1) is 8.56. The molecule has 0 fully saturated rings. The topological polar surface area (TPSA) is 33.2 Å². The summed E-state index contributed by atoms with van der Waals surface area (Å²) in [7, 11) is 1.80. The van der Waals surface area contributed by atoms with E-state index >= 15 is 0 Å². The zero-order chi connectivity index (χ0) is 13.1. The van der Waals surface area contributed by atoms with Crippen molar-refractivity contribution in [2.45, 2.75) is 13.5 Å². The standard InChI is InChI=1S/C13H13BrN2OS/c1-9-15-7-12(18-9)13(17)16(2)8-10-3-5-11(14)6-4-10/h3-7H,8H2,1-2H3. The molecule has 0 aliphatic rings.